The first-order valence-electron chi connectivity index (χ1n) is 6.32. The Bertz CT molecular complexity index is 240. The Morgan fingerprint density at radius 2 is 1.60 bits per heavy atom. The lowest BCUT2D eigenvalue weighted by Gasteiger charge is -2.32. The predicted molar refractivity (Wildman–Crippen MR) is 58.4 cm³/mol. The van der Waals surface area contributed by atoms with Crippen molar-refractivity contribution < 1.29 is 4.79 Å². The number of rotatable bonds is 5. The second-order valence-corrected chi connectivity index (χ2v) is 5.49. The van der Waals surface area contributed by atoms with Crippen molar-refractivity contribution in [3.63, 3.8) is 0 Å². The van der Waals surface area contributed by atoms with Gasteiger partial charge in [0.25, 0.3) is 0 Å². The number of nitrogens with zero attached hydrogens (tertiary/aromatic N) is 1. The van der Waals surface area contributed by atoms with Gasteiger partial charge in [0.15, 0.2) is 0 Å². The van der Waals surface area contributed by atoms with Crippen molar-refractivity contribution in [3.05, 3.63) is 0 Å². The van der Waals surface area contributed by atoms with E-state index in [-0.39, 0.29) is 0 Å². The van der Waals surface area contributed by atoms with Gasteiger partial charge in [-0.15, -0.1) is 0 Å². The minimum absolute atomic E-state index is 0.294. The Morgan fingerprint density at radius 3 is 1.93 bits per heavy atom. The van der Waals surface area contributed by atoms with Gasteiger partial charge in [-0.25, -0.2) is 0 Å². The molecule has 84 valence electrons. The van der Waals surface area contributed by atoms with E-state index in [9.17, 15) is 4.79 Å². The van der Waals surface area contributed by atoms with Crippen LogP contribution in [-0.2, 0) is 4.79 Å². The van der Waals surface area contributed by atoms with Crippen LogP contribution in [0.1, 0.15) is 25.7 Å². The molecule has 2 aliphatic carbocycles. The summed E-state index contributed by atoms with van der Waals surface area (Å²) in [5, 5.41) is 3.19. The quantitative estimate of drug-likeness (QED) is 0.726. The van der Waals surface area contributed by atoms with E-state index in [1.807, 2.05) is 0 Å². The smallest absolute Gasteiger partial charge is 0.228 e. The molecule has 0 aromatic carbocycles. The summed E-state index contributed by atoms with van der Waals surface area (Å²) in [6, 6.07) is 0. The highest BCUT2D eigenvalue weighted by Gasteiger charge is 2.35. The summed E-state index contributed by atoms with van der Waals surface area (Å²) in [6.45, 7) is 3.91. The molecule has 1 aliphatic heterocycles. The van der Waals surface area contributed by atoms with E-state index in [0.717, 1.165) is 38.0 Å². The van der Waals surface area contributed by atoms with E-state index >= 15 is 0 Å². The van der Waals surface area contributed by atoms with Crippen LogP contribution in [0.4, 0.5) is 0 Å². The van der Waals surface area contributed by atoms with Crippen molar-refractivity contribution in [2.75, 3.05) is 26.2 Å². The van der Waals surface area contributed by atoms with Gasteiger partial charge >= 0.3 is 0 Å². The van der Waals surface area contributed by atoms with Gasteiger partial charge in [-0.05, 0) is 37.5 Å². The summed E-state index contributed by atoms with van der Waals surface area (Å²) in [6.07, 6.45) is 5.38. The summed E-state index contributed by atoms with van der Waals surface area (Å²) >= 11 is 0. The molecule has 1 saturated heterocycles. The maximum Gasteiger partial charge on any atom is 0.228 e. The largest absolute Gasteiger partial charge is 0.342 e. The molecule has 0 aromatic rings. The maximum absolute atomic E-state index is 12.1. The van der Waals surface area contributed by atoms with Gasteiger partial charge in [0, 0.05) is 26.2 Å². The molecule has 3 rings (SSSR count). The van der Waals surface area contributed by atoms with Crippen molar-refractivity contribution in [1.29, 1.82) is 0 Å². The molecule has 0 radical (unpaired) electrons. The molecule has 1 N–H and O–H groups in total. The monoisotopic (exact) mass is 208 g/mol. The molecule has 3 heteroatoms. The summed E-state index contributed by atoms with van der Waals surface area (Å²) in [7, 11) is 0. The van der Waals surface area contributed by atoms with Gasteiger partial charge < -0.3 is 10.2 Å². The van der Waals surface area contributed by atoms with E-state index in [2.05, 4.69) is 10.2 Å². The van der Waals surface area contributed by atoms with Crippen LogP contribution in [0, 0.1) is 17.8 Å². The fourth-order valence-corrected chi connectivity index (χ4v) is 2.20. The fraction of sp³-hybridized carbons (Fsp3) is 0.917. The van der Waals surface area contributed by atoms with Gasteiger partial charge in [0.1, 0.15) is 0 Å². The fourth-order valence-electron chi connectivity index (χ4n) is 2.20. The zero-order chi connectivity index (χ0) is 10.3. The van der Waals surface area contributed by atoms with Crippen LogP contribution < -0.4 is 5.32 Å². The van der Waals surface area contributed by atoms with E-state index < -0.39 is 0 Å². The standard InChI is InChI=1S/C12H20N2O/c15-12(11-5-13-6-11)14(7-9-1-2-9)8-10-3-4-10/h9-11,13H,1-8H2. The van der Waals surface area contributed by atoms with Crippen molar-refractivity contribution in [2.45, 2.75) is 25.7 Å². The highest BCUT2D eigenvalue weighted by Crippen LogP contribution is 2.34. The number of nitrogens with one attached hydrogen (secondary N) is 1. The van der Waals surface area contributed by atoms with Gasteiger partial charge in [0.2, 0.25) is 5.91 Å². The third kappa shape index (κ3) is 2.33. The van der Waals surface area contributed by atoms with E-state index in [0.29, 0.717) is 11.8 Å². The summed E-state index contributed by atoms with van der Waals surface area (Å²) in [4.78, 5) is 14.3. The van der Waals surface area contributed by atoms with Crippen LogP contribution in [0.2, 0.25) is 0 Å². The predicted octanol–water partition coefficient (Wildman–Crippen LogP) is 0.854. The minimum atomic E-state index is 0.294. The second-order valence-electron chi connectivity index (χ2n) is 5.49. The first-order chi connectivity index (χ1) is 7.33. The molecule has 0 aromatic heterocycles. The Balaban J connectivity index is 1.55. The molecule has 15 heavy (non-hydrogen) atoms. The molecule has 0 spiro atoms. The van der Waals surface area contributed by atoms with E-state index in [4.69, 9.17) is 0 Å². The number of carbonyl (C=O) groups excluding carboxylic acids is 1. The van der Waals surface area contributed by atoms with Crippen molar-refractivity contribution in [2.24, 2.45) is 17.8 Å². The highest BCUT2D eigenvalue weighted by atomic mass is 16.2. The topological polar surface area (TPSA) is 32.3 Å². The minimum Gasteiger partial charge on any atom is -0.342 e. The van der Waals surface area contributed by atoms with Crippen molar-refractivity contribution in [3.8, 4) is 0 Å². The average molecular weight is 208 g/mol. The van der Waals surface area contributed by atoms with E-state index in [1.54, 1.807) is 0 Å². The Labute approximate surface area is 91.2 Å². The van der Waals surface area contributed by atoms with Crippen LogP contribution in [0.15, 0.2) is 0 Å². The summed E-state index contributed by atoms with van der Waals surface area (Å²) in [5.74, 6) is 2.39. The molecular formula is C12H20N2O. The Kier molecular flexibility index (Phi) is 2.43. The molecule has 3 aliphatic rings. The van der Waals surface area contributed by atoms with Gasteiger partial charge in [-0.3, -0.25) is 4.79 Å². The van der Waals surface area contributed by atoms with Crippen LogP contribution in [0.5, 0.6) is 0 Å². The molecule has 0 unspecified atom stereocenters. The lowest BCUT2D eigenvalue weighted by Crippen LogP contribution is -2.52. The highest BCUT2D eigenvalue weighted by molar-refractivity contribution is 5.80. The Hall–Kier alpha value is -0.570. The SMILES string of the molecule is O=C(C1CNC1)N(CC1CC1)CC1CC1. The zero-order valence-corrected chi connectivity index (χ0v) is 9.24. The van der Waals surface area contributed by atoms with Crippen LogP contribution >= 0.6 is 0 Å². The van der Waals surface area contributed by atoms with Crippen LogP contribution in [0.3, 0.4) is 0 Å². The zero-order valence-electron chi connectivity index (χ0n) is 9.24. The first-order valence-corrected chi connectivity index (χ1v) is 6.32. The lowest BCUT2D eigenvalue weighted by atomic mass is 10.0. The summed E-state index contributed by atoms with van der Waals surface area (Å²) < 4.78 is 0. The third-order valence-electron chi connectivity index (χ3n) is 3.79. The summed E-state index contributed by atoms with van der Waals surface area (Å²) in [5.41, 5.74) is 0. The molecule has 3 nitrogen and oxygen atoms in total. The number of carbonyl (C=O) groups is 1. The van der Waals surface area contributed by atoms with Crippen LogP contribution in [-0.4, -0.2) is 37.0 Å². The molecule has 1 heterocycles. The second kappa shape index (κ2) is 3.78. The van der Waals surface area contributed by atoms with Crippen molar-refractivity contribution in [1.82, 2.24) is 10.2 Å². The molecular weight excluding hydrogens is 188 g/mol. The molecule has 0 atom stereocenters. The van der Waals surface area contributed by atoms with Crippen LogP contribution in [0.25, 0.3) is 0 Å². The maximum atomic E-state index is 12.1. The molecule has 0 bridgehead atoms. The molecule has 1 amide bonds. The van der Waals surface area contributed by atoms with Gasteiger partial charge in [0.05, 0.1) is 5.92 Å². The number of hydrogen-bond acceptors (Lipinski definition) is 2. The van der Waals surface area contributed by atoms with Gasteiger partial charge in [-0.1, -0.05) is 0 Å². The average Bonchev–Trinajstić information content (AvgIpc) is 2.92. The van der Waals surface area contributed by atoms with E-state index in [1.165, 1.54) is 25.7 Å². The van der Waals surface area contributed by atoms with Gasteiger partial charge in [-0.2, -0.15) is 0 Å². The first kappa shape index (κ1) is 9.64. The molecule has 2 saturated carbocycles. The molecule has 3 fully saturated rings. The number of hydrogen-bond donors (Lipinski definition) is 1. The number of amides is 1. The third-order valence-corrected chi connectivity index (χ3v) is 3.79. The Morgan fingerprint density at radius 1 is 1.07 bits per heavy atom. The lowest BCUT2D eigenvalue weighted by molar-refractivity contribution is -0.137. The normalized spacial score (nSPS) is 26.1. The van der Waals surface area contributed by atoms with Crippen molar-refractivity contribution >= 4 is 5.91 Å².